The molecule has 0 radical (unpaired) electrons. The van der Waals surface area contributed by atoms with E-state index in [-0.39, 0.29) is 42.3 Å². The third-order valence-corrected chi connectivity index (χ3v) is 6.96. The zero-order chi connectivity index (χ0) is 20.4. The Balaban J connectivity index is 1.55. The summed E-state index contributed by atoms with van der Waals surface area (Å²) in [5, 5.41) is 13.0. The molecule has 1 aromatic rings. The number of hydrogen-bond acceptors (Lipinski definition) is 3. The summed E-state index contributed by atoms with van der Waals surface area (Å²) in [7, 11) is 0. The first-order valence-electron chi connectivity index (χ1n) is 11.1. The van der Waals surface area contributed by atoms with Gasteiger partial charge in [-0.2, -0.15) is 0 Å². The molecule has 1 heterocycles. The number of aliphatic hydroxyl groups excluding tert-OH is 1. The number of carbonyl (C=O) groups is 2. The fraction of sp³-hybridized carbons (Fsp3) is 0.583. The number of hydrogen-bond donors (Lipinski definition) is 2. The van der Waals surface area contributed by atoms with Gasteiger partial charge in [-0.05, 0) is 55.2 Å². The number of carbonyl (C=O) groups excluding carboxylic acids is 2. The molecule has 1 saturated heterocycles. The molecule has 1 aliphatic heterocycles. The second-order valence-corrected chi connectivity index (χ2v) is 8.75. The summed E-state index contributed by atoms with van der Waals surface area (Å²) in [5.41, 5.74) is 3.83. The van der Waals surface area contributed by atoms with Gasteiger partial charge in [0.1, 0.15) is 0 Å². The number of rotatable bonds is 6. The fourth-order valence-electron chi connectivity index (χ4n) is 5.08. The predicted molar refractivity (Wildman–Crippen MR) is 113 cm³/mol. The lowest BCUT2D eigenvalue weighted by atomic mass is 9.72. The molecular formula is C24H32N2O3. The number of aliphatic hydroxyl groups is 1. The second-order valence-electron chi connectivity index (χ2n) is 8.75. The van der Waals surface area contributed by atoms with E-state index in [0.29, 0.717) is 6.54 Å². The fourth-order valence-corrected chi connectivity index (χ4v) is 5.08. The molecule has 0 bridgehead atoms. The van der Waals surface area contributed by atoms with Gasteiger partial charge in [0, 0.05) is 25.3 Å². The lowest BCUT2D eigenvalue weighted by Crippen LogP contribution is -2.69. The number of amides is 2. The van der Waals surface area contributed by atoms with E-state index in [1.807, 2.05) is 4.90 Å². The quantitative estimate of drug-likeness (QED) is 0.776. The maximum Gasteiger partial charge on any atom is 0.226 e. The molecule has 0 unspecified atom stereocenters. The maximum atomic E-state index is 13.0. The van der Waals surface area contributed by atoms with Gasteiger partial charge in [0.25, 0.3) is 0 Å². The van der Waals surface area contributed by atoms with E-state index in [2.05, 4.69) is 35.7 Å². The van der Waals surface area contributed by atoms with Crippen LogP contribution in [0.5, 0.6) is 0 Å². The molecule has 156 valence electrons. The Morgan fingerprint density at radius 1 is 1.10 bits per heavy atom. The summed E-state index contributed by atoms with van der Waals surface area (Å²) in [5.74, 6) is 0.188. The summed E-state index contributed by atoms with van der Waals surface area (Å²) in [6.45, 7) is 1.89. The van der Waals surface area contributed by atoms with Gasteiger partial charge < -0.3 is 15.3 Å². The van der Waals surface area contributed by atoms with Crippen molar-refractivity contribution in [1.29, 1.82) is 0 Å². The smallest absolute Gasteiger partial charge is 0.226 e. The van der Waals surface area contributed by atoms with Crippen LogP contribution in [0, 0.1) is 5.92 Å². The van der Waals surface area contributed by atoms with Crippen molar-refractivity contribution >= 4 is 17.4 Å². The Morgan fingerprint density at radius 2 is 1.86 bits per heavy atom. The average Bonchev–Trinajstić information content (AvgIpc) is 2.67. The molecular weight excluding hydrogens is 364 g/mol. The van der Waals surface area contributed by atoms with Crippen LogP contribution in [0.1, 0.15) is 68.9 Å². The first kappa shape index (κ1) is 20.1. The third-order valence-electron chi connectivity index (χ3n) is 6.96. The van der Waals surface area contributed by atoms with Gasteiger partial charge in [0.2, 0.25) is 11.8 Å². The van der Waals surface area contributed by atoms with Crippen LogP contribution in [0.2, 0.25) is 0 Å². The van der Waals surface area contributed by atoms with Crippen molar-refractivity contribution in [1.82, 2.24) is 10.2 Å². The highest BCUT2D eigenvalue weighted by Gasteiger charge is 2.52. The molecule has 1 saturated carbocycles. The second kappa shape index (κ2) is 8.70. The summed E-state index contributed by atoms with van der Waals surface area (Å²) >= 11 is 0. The summed E-state index contributed by atoms with van der Waals surface area (Å²) < 4.78 is 0. The molecule has 2 N–H and O–H groups in total. The standard InChI is InChI=1S/C24H32N2O3/c1-16(28)25-14-21-23(22(15-27)26(21)24(29)20-8-5-9-20)19-12-10-18(11-13-19)17-6-3-2-4-7-17/h6,10-13,20-23,27H,2-5,7-9,14-15H2,1H3,(H,25,28)/t21-,22-,23-/m1/s1. The van der Waals surface area contributed by atoms with Crippen molar-refractivity contribution in [3.8, 4) is 0 Å². The third kappa shape index (κ3) is 3.97. The maximum absolute atomic E-state index is 13.0. The molecule has 5 heteroatoms. The van der Waals surface area contributed by atoms with Crippen molar-refractivity contribution in [2.75, 3.05) is 13.2 Å². The van der Waals surface area contributed by atoms with Gasteiger partial charge in [-0.3, -0.25) is 9.59 Å². The van der Waals surface area contributed by atoms with E-state index in [0.717, 1.165) is 37.7 Å². The number of nitrogens with one attached hydrogen (secondary N) is 1. The lowest BCUT2D eigenvalue weighted by molar-refractivity contribution is -0.158. The van der Waals surface area contributed by atoms with Crippen LogP contribution in [0.25, 0.3) is 5.57 Å². The van der Waals surface area contributed by atoms with Crippen LogP contribution in [0.4, 0.5) is 0 Å². The van der Waals surface area contributed by atoms with E-state index in [9.17, 15) is 14.7 Å². The molecule has 2 fully saturated rings. The van der Waals surface area contributed by atoms with Gasteiger partial charge in [-0.25, -0.2) is 0 Å². The Morgan fingerprint density at radius 3 is 2.41 bits per heavy atom. The monoisotopic (exact) mass is 396 g/mol. The van der Waals surface area contributed by atoms with Crippen molar-refractivity contribution in [3.63, 3.8) is 0 Å². The lowest BCUT2D eigenvalue weighted by Gasteiger charge is -2.56. The van der Waals surface area contributed by atoms with Crippen LogP contribution in [-0.4, -0.2) is 47.1 Å². The molecule has 3 atom stereocenters. The Labute approximate surface area is 173 Å². The number of nitrogens with zero attached hydrogens (tertiary/aromatic N) is 1. The van der Waals surface area contributed by atoms with Crippen molar-refractivity contribution in [3.05, 3.63) is 41.5 Å². The van der Waals surface area contributed by atoms with E-state index in [1.165, 1.54) is 30.9 Å². The van der Waals surface area contributed by atoms with Crippen LogP contribution >= 0.6 is 0 Å². The van der Waals surface area contributed by atoms with Gasteiger partial charge in [0.05, 0.1) is 18.7 Å². The molecule has 3 aliphatic rings. The number of benzene rings is 1. The van der Waals surface area contributed by atoms with Gasteiger partial charge in [-0.15, -0.1) is 0 Å². The number of likely N-dealkylation sites (tertiary alicyclic amines) is 1. The molecule has 1 aromatic carbocycles. The SMILES string of the molecule is CC(=O)NC[C@@H]1[C@@H](c2ccc(C3=CCCCC3)cc2)[C@@H](CO)N1C(=O)C1CCC1. The number of allylic oxidation sites excluding steroid dienone is 2. The Hall–Kier alpha value is -2.14. The minimum absolute atomic E-state index is 0.0465. The highest BCUT2D eigenvalue weighted by atomic mass is 16.3. The molecule has 0 spiro atoms. The van der Waals surface area contributed by atoms with E-state index < -0.39 is 0 Å². The van der Waals surface area contributed by atoms with E-state index in [4.69, 9.17) is 0 Å². The minimum atomic E-state index is -0.207. The largest absolute Gasteiger partial charge is 0.394 e. The van der Waals surface area contributed by atoms with Crippen LogP contribution in [0.15, 0.2) is 30.3 Å². The van der Waals surface area contributed by atoms with Crippen molar-refractivity contribution < 1.29 is 14.7 Å². The first-order chi connectivity index (χ1) is 14.1. The molecule has 2 aliphatic carbocycles. The Bertz CT molecular complexity index is 782. The molecule has 29 heavy (non-hydrogen) atoms. The molecule has 2 amide bonds. The normalized spacial score (nSPS) is 26.9. The van der Waals surface area contributed by atoms with Gasteiger partial charge in [-0.1, -0.05) is 36.8 Å². The van der Waals surface area contributed by atoms with E-state index in [1.54, 1.807) is 0 Å². The first-order valence-corrected chi connectivity index (χ1v) is 11.1. The molecule has 0 aromatic heterocycles. The predicted octanol–water partition coefficient (Wildman–Crippen LogP) is 3.24. The van der Waals surface area contributed by atoms with Crippen LogP contribution < -0.4 is 5.32 Å². The summed E-state index contributed by atoms with van der Waals surface area (Å²) in [6, 6.07) is 8.33. The topological polar surface area (TPSA) is 69.6 Å². The highest BCUT2D eigenvalue weighted by molar-refractivity contribution is 5.82. The van der Waals surface area contributed by atoms with E-state index >= 15 is 0 Å². The van der Waals surface area contributed by atoms with Crippen molar-refractivity contribution in [2.24, 2.45) is 5.92 Å². The zero-order valence-electron chi connectivity index (χ0n) is 17.3. The molecule has 5 nitrogen and oxygen atoms in total. The Kier molecular flexibility index (Phi) is 6.04. The zero-order valence-corrected chi connectivity index (χ0v) is 17.3. The average molecular weight is 397 g/mol. The minimum Gasteiger partial charge on any atom is -0.394 e. The summed E-state index contributed by atoms with van der Waals surface area (Å²) in [4.78, 5) is 26.3. The van der Waals surface area contributed by atoms with Gasteiger partial charge >= 0.3 is 0 Å². The van der Waals surface area contributed by atoms with Crippen LogP contribution in [0.3, 0.4) is 0 Å². The van der Waals surface area contributed by atoms with Crippen molar-refractivity contribution in [2.45, 2.75) is 69.9 Å². The van der Waals surface area contributed by atoms with Gasteiger partial charge in [0.15, 0.2) is 0 Å². The van der Waals surface area contributed by atoms with Crippen LogP contribution in [-0.2, 0) is 9.59 Å². The molecule has 4 rings (SSSR count). The highest BCUT2D eigenvalue weighted by Crippen LogP contribution is 2.43. The summed E-state index contributed by atoms with van der Waals surface area (Å²) in [6.07, 6.45) is 10.1.